The van der Waals surface area contributed by atoms with Gasteiger partial charge >= 0.3 is 5.97 Å². The molecule has 1 amide bonds. The highest BCUT2D eigenvalue weighted by Gasteiger charge is 2.30. The van der Waals surface area contributed by atoms with Gasteiger partial charge in [0, 0.05) is 7.05 Å². The Kier molecular flexibility index (Phi) is 7.15. The number of amidine groups is 1. The lowest BCUT2D eigenvalue weighted by molar-refractivity contribution is -0.121. The number of aromatic carboxylic acids is 1. The zero-order valence-corrected chi connectivity index (χ0v) is 21.6. The van der Waals surface area contributed by atoms with Crippen molar-refractivity contribution in [1.29, 1.82) is 0 Å². The van der Waals surface area contributed by atoms with Crippen molar-refractivity contribution in [2.75, 3.05) is 14.2 Å². The number of ether oxygens (including phenoxy) is 2. The van der Waals surface area contributed by atoms with E-state index in [0.717, 1.165) is 21.9 Å². The average molecular weight is 525 g/mol. The van der Waals surface area contributed by atoms with Crippen molar-refractivity contribution in [3.8, 4) is 11.5 Å². The van der Waals surface area contributed by atoms with Gasteiger partial charge in [-0.2, -0.15) is 0 Å². The van der Waals surface area contributed by atoms with Crippen LogP contribution in [0.5, 0.6) is 11.5 Å². The molecule has 8 heteroatoms. The molecule has 38 heavy (non-hydrogen) atoms. The molecule has 1 aliphatic rings. The van der Waals surface area contributed by atoms with Gasteiger partial charge in [-0.25, -0.2) is 9.79 Å². The Morgan fingerprint density at radius 2 is 1.79 bits per heavy atom. The highest BCUT2D eigenvalue weighted by atomic mass is 32.2. The summed E-state index contributed by atoms with van der Waals surface area (Å²) < 4.78 is 11.7. The molecule has 4 aromatic carbocycles. The molecule has 190 valence electrons. The lowest BCUT2D eigenvalue weighted by Crippen LogP contribution is -2.23. The maximum Gasteiger partial charge on any atom is 0.335 e. The summed E-state index contributed by atoms with van der Waals surface area (Å²) in [5, 5.41) is 12.0. The number of carboxylic acid groups (broad SMARTS) is 1. The summed E-state index contributed by atoms with van der Waals surface area (Å²) in [6, 6.07) is 26.1. The number of carbonyl (C=O) groups is 2. The molecule has 0 bridgehead atoms. The summed E-state index contributed by atoms with van der Waals surface area (Å²) >= 11 is 1.23. The first-order chi connectivity index (χ1) is 18.4. The quantitative estimate of drug-likeness (QED) is 0.283. The molecule has 1 heterocycles. The summed E-state index contributed by atoms with van der Waals surface area (Å²) in [5.74, 6) is -0.0681. The number of thioether (sulfide) groups is 1. The van der Waals surface area contributed by atoms with Crippen LogP contribution in [0.3, 0.4) is 0 Å². The Labute approximate surface area is 224 Å². The van der Waals surface area contributed by atoms with Gasteiger partial charge in [-0.15, -0.1) is 0 Å². The third kappa shape index (κ3) is 5.26. The number of amides is 1. The first-order valence-electron chi connectivity index (χ1n) is 11.8. The summed E-state index contributed by atoms with van der Waals surface area (Å²) in [6.45, 7) is 0.389. The Bertz CT molecular complexity index is 1610. The molecule has 1 aliphatic heterocycles. The standard InChI is InChI=1S/C30H24N2O5S/c1-32-28(33)27(38-30(32)31-23-11-6-9-21(17-23)29(34)35)16-19-13-14-25(26(15-19)36-2)37-18-22-10-5-8-20-7-3-4-12-24(20)22/h3-17H,18H2,1-2H3,(H,34,35)/b27-16+,31-30?. The van der Waals surface area contributed by atoms with Crippen molar-refractivity contribution in [3.63, 3.8) is 0 Å². The molecular weight excluding hydrogens is 500 g/mol. The Hall–Kier alpha value is -4.56. The van der Waals surface area contributed by atoms with E-state index in [-0.39, 0.29) is 11.5 Å². The number of nitrogens with zero attached hydrogens (tertiary/aromatic N) is 2. The molecule has 0 aromatic heterocycles. The predicted octanol–water partition coefficient (Wildman–Crippen LogP) is 6.36. The molecule has 0 aliphatic carbocycles. The summed E-state index contributed by atoms with van der Waals surface area (Å²) in [6.07, 6.45) is 1.77. The number of hydrogen-bond acceptors (Lipinski definition) is 6. The average Bonchev–Trinajstić information content (AvgIpc) is 3.19. The van der Waals surface area contributed by atoms with Gasteiger partial charge in [0.15, 0.2) is 16.7 Å². The van der Waals surface area contributed by atoms with Crippen LogP contribution in [0, 0.1) is 0 Å². The maximum atomic E-state index is 12.9. The lowest BCUT2D eigenvalue weighted by Gasteiger charge is -2.13. The molecule has 0 atom stereocenters. The zero-order valence-electron chi connectivity index (χ0n) is 20.8. The third-order valence-electron chi connectivity index (χ3n) is 6.07. The second kappa shape index (κ2) is 10.8. The minimum atomic E-state index is -1.03. The number of methoxy groups -OCH3 is 1. The minimum Gasteiger partial charge on any atom is -0.493 e. The van der Waals surface area contributed by atoms with E-state index in [0.29, 0.717) is 33.9 Å². The first-order valence-corrected chi connectivity index (χ1v) is 12.6. The summed E-state index contributed by atoms with van der Waals surface area (Å²) in [4.78, 5) is 30.6. The number of likely N-dealkylation sites (N-methyl/N-ethyl adjacent to an activating group) is 1. The van der Waals surface area contributed by atoms with Crippen molar-refractivity contribution in [2.45, 2.75) is 6.61 Å². The number of fused-ring (bicyclic) bond motifs is 1. The fraction of sp³-hybridized carbons (Fsp3) is 0.100. The lowest BCUT2D eigenvalue weighted by atomic mass is 10.1. The smallest absolute Gasteiger partial charge is 0.335 e. The van der Waals surface area contributed by atoms with Crippen molar-refractivity contribution >= 4 is 51.3 Å². The molecule has 0 radical (unpaired) electrons. The van der Waals surface area contributed by atoms with Gasteiger partial charge < -0.3 is 14.6 Å². The fourth-order valence-electron chi connectivity index (χ4n) is 4.09. The number of aliphatic imine (C=N–C) groups is 1. The molecule has 0 unspecified atom stereocenters. The number of carbonyl (C=O) groups excluding carboxylic acids is 1. The van der Waals surface area contributed by atoms with Gasteiger partial charge in [-0.3, -0.25) is 9.69 Å². The molecule has 5 rings (SSSR count). The van der Waals surface area contributed by atoms with Crippen LogP contribution in [0.1, 0.15) is 21.5 Å². The van der Waals surface area contributed by atoms with Crippen LogP contribution in [-0.4, -0.2) is 41.2 Å². The zero-order chi connectivity index (χ0) is 26.6. The second-order valence-corrected chi connectivity index (χ2v) is 9.57. The number of hydrogen-bond donors (Lipinski definition) is 1. The van der Waals surface area contributed by atoms with E-state index >= 15 is 0 Å². The van der Waals surface area contributed by atoms with Gasteiger partial charge in [-0.1, -0.05) is 54.6 Å². The van der Waals surface area contributed by atoms with Crippen LogP contribution in [-0.2, 0) is 11.4 Å². The first kappa shape index (κ1) is 25.1. The molecular formula is C30H24N2O5S. The van der Waals surface area contributed by atoms with E-state index in [9.17, 15) is 14.7 Å². The van der Waals surface area contributed by atoms with Crippen molar-refractivity contribution in [2.24, 2.45) is 4.99 Å². The molecule has 1 saturated heterocycles. The van der Waals surface area contributed by atoms with E-state index in [1.165, 1.54) is 28.8 Å². The largest absolute Gasteiger partial charge is 0.493 e. The van der Waals surface area contributed by atoms with Crippen LogP contribution < -0.4 is 9.47 Å². The van der Waals surface area contributed by atoms with Gasteiger partial charge in [0.05, 0.1) is 23.3 Å². The number of benzene rings is 4. The van der Waals surface area contributed by atoms with Crippen LogP contribution in [0.2, 0.25) is 0 Å². The van der Waals surface area contributed by atoms with E-state index < -0.39 is 5.97 Å². The van der Waals surface area contributed by atoms with Crippen LogP contribution in [0.4, 0.5) is 5.69 Å². The van der Waals surface area contributed by atoms with Gasteiger partial charge in [0.2, 0.25) is 0 Å². The second-order valence-electron chi connectivity index (χ2n) is 8.56. The van der Waals surface area contributed by atoms with Gasteiger partial charge in [0.1, 0.15) is 6.61 Å². The van der Waals surface area contributed by atoms with Crippen molar-refractivity contribution in [3.05, 3.63) is 107 Å². The molecule has 0 saturated carbocycles. The Morgan fingerprint density at radius 1 is 1.00 bits per heavy atom. The Balaban J connectivity index is 1.35. The highest BCUT2D eigenvalue weighted by molar-refractivity contribution is 8.18. The predicted molar refractivity (Wildman–Crippen MR) is 150 cm³/mol. The minimum absolute atomic E-state index is 0.134. The van der Waals surface area contributed by atoms with E-state index in [4.69, 9.17) is 9.47 Å². The number of carboxylic acids is 1. The molecule has 4 aromatic rings. The fourth-order valence-corrected chi connectivity index (χ4v) is 5.08. The molecule has 7 nitrogen and oxygen atoms in total. The van der Waals surface area contributed by atoms with Crippen LogP contribution in [0.25, 0.3) is 16.8 Å². The van der Waals surface area contributed by atoms with Crippen LogP contribution >= 0.6 is 11.8 Å². The van der Waals surface area contributed by atoms with Crippen LogP contribution in [0.15, 0.2) is 94.8 Å². The normalized spacial score (nSPS) is 15.4. The monoisotopic (exact) mass is 524 g/mol. The highest BCUT2D eigenvalue weighted by Crippen LogP contribution is 2.35. The van der Waals surface area contributed by atoms with Crippen molar-refractivity contribution < 1.29 is 24.2 Å². The van der Waals surface area contributed by atoms with E-state index in [2.05, 4.69) is 23.2 Å². The van der Waals surface area contributed by atoms with E-state index in [1.54, 1.807) is 32.4 Å². The topological polar surface area (TPSA) is 88.4 Å². The summed E-state index contributed by atoms with van der Waals surface area (Å²) in [5.41, 5.74) is 2.45. The Morgan fingerprint density at radius 3 is 2.61 bits per heavy atom. The number of rotatable bonds is 7. The maximum absolute atomic E-state index is 12.9. The molecule has 0 spiro atoms. The van der Waals surface area contributed by atoms with Gasteiger partial charge in [0.25, 0.3) is 5.91 Å². The SMILES string of the molecule is COc1cc(/C=C2/SC(=Nc3cccc(C(=O)O)c3)N(C)C2=O)ccc1OCc1cccc2ccccc12. The van der Waals surface area contributed by atoms with Crippen molar-refractivity contribution in [1.82, 2.24) is 4.90 Å². The molecule has 1 fully saturated rings. The molecule has 1 N–H and O–H groups in total. The third-order valence-corrected chi connectivity index (χ3v) is 7.13. The van der Waals surface area contributed by atoms with E-state index in [1.807, 2.05) is 42.5 Å². The summed E-state index contributed by atoms with van der Waals surface area (Å²) in [7, 11) is 3.22. The van der Waals surface area contributed by atoms with Gasteiger partial charge in [-0.05, 0) is 70.1 Å².